The van der Waals surface area contributed by atoms with Crippen LogP contribution in [-0.4, -0.2) is 35.7 Å². The third kappa shape index (κ3) is 2.63. The maximum absolute atomic E-state index is 12.1. The van der Waals surface area contributed by atoms with Gasteiger partial charge in [0.15, 0.2) is 5.82 Å². The fraction of sp³-hybridized carbons (Fsp3) is 0.769. The van der Waals surface area contributed by atoms with Gasteiger partial charge in [0.25, 0.3) is 0 Å². The Morgan fingerprint density at radius 3 is 3.00 bits per heavy atom. The third-order valence-corrected chi connectivity index (χ3v) is 4.31. The first kappa shape index (κ1) is 12.6. The van der Waals surface area contributed by atoms with Gasteiger partial charge in [-0.05, 0) is 44.7 Å². The average molecular weight is 264 g/mol. The minimum absolute atomic E-state index is 0.193. The van der Waals surface area contributed by atoms with Crippen molar-refractivity contribution in [2.75, 3.05) is 19.6 Å². The Morgan fingerprint density at radius 1 is 1.53 bits per heavy atom. The summed E-state index contributed by atoms with van der Waals surface area (Å²) in [6.07, 6.45) is 3.93. The number of amides is 1. The number of aromatic nitrogens is 2. The Morgan fingerprint density at radius 2 is 2.32 bits per heavy atom. The second-order valence-corrected chi connectivity index (χ2v) is 5.65. The lowest BCUT2D eigenvalue weighted by Gasteiger charge is -2.23. The number of hydrogen-bond donors (Lipinski definition) is 2. The van der Waals surface area contributed by atoms with Crippen molar-refractivity contribution in [1.29, 1.82) is 0 Å². The molecule has 1 amide bonds. The molecule has 2 N–H and O–H groups in total. The van der Waals surface area contributed by atoms with Crippen LogP contribution in [0.4, 0.5) is 0 Å². The number of rotatable bonds is 4. The predicted octanol–water partition coefficient (Wildman–Crippen LogP) is 0.426. The topological polar surface area (TPSA) is 80.0 Å². The van der Waals surface area contributed by atoms with Crippen molar-refractivity contribution in [3.05, 3.63) is 11.7 Å². The second kappa shape index (κ2) is 4.92. The summed E-state index contributed by atoms with van der Waals surface area (Å²) in [5, 5.41) is 10.1. The Labute approximate surface area is 112 Å². The quantitative estimate of drug-likeness (QED) is 0.824. The fourth-order valence-electron chi connectivity index (χ4n) is 3.05. The van der Waals surface area contributed by atoms with E-state index in [1.807, 2.05) is 0 Å². The molecule has 1 spiro atoms. The maximum Gasteiger partial charge on any atom is 0.228 e. The molecule has 1 atom stereocenters. The maximum atomic E-state index is 12.1. The summed E-state index contributed by atoms with van der Waals surface area (Å²) in [5.41, 5.74) is 0.302. The van der Waals surface area contributed by atoms with Gasteiger partial charge in [-0.25, -0.2) is 0 Å². The fourth-order valence-corrected chi connectivity index (χ4v) is 3.05. The molecule has 0 bridgehead atoms. The van der Waals surface area contributed by atoms with E-state index in [1.54, 1.807) is 6.92 Å². The molecule has 1 aliphatic carbocycles. The van der Waals surface area contributed by atoms with Crippen molar-refractivity contribution in [2.24, 2.45) is 11.3 Å². The molecule has 2 heterocycles. The van der Waals surface area contributed by atoms with E-state index in [-0.39, 0.29) is 11.8 Å². The van der Waals surface area contributed by atoms with Gasteiger partial charge in [-0.15, -0.1) is 0 Å². The van der Waals surface area contributed by atoms with Gasteiger partial charge in [0.2, 0.25) is 11.8 Å². The van der Waals surface area contributed by atoms with Crippen molar-refractivity contribution in [3.8, 4) is 0 Å². The number of piperidine rings is 1. The first-order chi connectivity index (χ1) is 9.20. The summed E-state index contributed by atoms with van der Waals surface area (Å²) in [5.74, 6) is 1.64. The van der Waals surface area contributed by atoms with Gasteiger partial charge in [-0.1, -0.05) is 5.16 Å². The van der Waals surface area contributed by atoms with Gasteiger partial charge in [0.1, 0.15) is 0 Å². The van der Waals surface area contributed by atoms with Crippen LogP contribution in [0.25, 0.3) is 0 Å². The molecule has 2 fully saturated rings. The predicted molar refractivity (Wildman–Crippen MR) is 68.4 cm³/mol. The molecule has 19 heavy (non-hydrogen) atoms. The molecule has 1 saturated heterocycles. The van der Waals surface area contributed by atoms with Crippen LogP contribution in [0.1, 0.15) is 31.0 Å². The van der Waals surface area contributed by atoms with Crippen molar-refractivity contribution in [1.82, 2.24) is 20.8 Å². The number of carbonyl (C=O) groups excluding carboxylic acids is 1. The molecule has 0 radical (unpaired) electrons. The van der Waals surface area contributed by atoms with E-state index >= 15 is 0 Å². The summed E-state index contributed by atoms with van der Waals surface area (Å²) < 4.78 is 5.01. The lowest BCUT2D eigenvalue weighted by Crippen LogP contribution is -2.34. The van der Waals surface area contributed by atoms with Crippen LogP contribution in [0.5, 0.6) is 0 Å². The van der Waals surface area contributed by atoms with Crippen molar-refractivity contribution in [2.45, 2.75) is 32.6 Å². The van der Waals surface area contributed by atoms with Crippen molar-refractivity contribution >= 4 is 5.91 Å². The van der Waals surface area contributed by atoms with Gasteiger partial charge in [0, 0.05) is 18.9 Å². The SMILES string of the molecule is Cc1noc(CCNC(=O)C2CC23CCNCC3)n1. The lowest BCUT2D eigenvalue weighted by molar-refractivity contribution is -0.123. The zero-order valence-electron chi connectivity index (χ0n) is 11.2. The Bertz CT molecular complexity index is 465. The van der Waals surface area contributed by atoms with Crippen molar-refractivity contribution in [3.63, 3.8) is 0 Å². The Balaban J connectivity index is 1.43. The van der Waals surface area contributed by atoms with Crippen LogP contribution in [0.2, 0.25) is 0 Å². The van der Waals surface area contributed by atoms with Crippen LogP contribution in [-0.2, 0) is 11.2 Å². The van der Waals surface area contributed by atoms with Crippen LogP contribution < -0.4 is 10.6 Å². The highest BCUT2D eigenvalue weighted by molar-refractivity contribution is 5.82. The number of aryl methyl sites for hydroxylation is 1. The first-order valence-electron chi connectivity index (χ1n) is 6.97. The molecule has 2 aliphatic rings. The Hall–Kier alpha value is -1.43. The number of hydrogen-bond acceptors (Lipinski definition) is 5. The lowest BCUT2D eigenvalue weighted by atomic mass is 9.92. The van der Waals surface area contributed by atoms with E-state index in [2.05, 4.69) is 20.8 Å². The third-order valence-electron chi connectivity index (χ3n) is 4.31. The summed E-state index contributed by atoms with van der Waals surface area (Å²) in [6.45, 7) is 4.46. The molecule has 104 valence electrons. The molecule has 3 rings (SSSR count). The largest absolute Gasteiger partial charge is 0.355 e. The van der Waals surface area contributed by atoms with E-state index in [4.69, 9.17) is 4.52 Å². The minimum Gasteiger partial charge on any atom is -0.355 e. The van der Waals surface area contributed by atoms with E-state index in [9.17, 15) is 4.79 Å². The van der Waals surface area contributed by atoms with Crippen LogP contribution in [0, 0.1) is 18.3 Å². The zero-order valence-corrected chi connectivity index (χ0v) is 11.2. The normalized spacial score (nSPS) is 24.4. The molecule has 1 saturated carbocycles. The average Bonchev–Trinajstić information content (AvgIpc) is 2.93. The summed E-state index contributed by atoms with van der Waals surface area (Å²) in [6, 6.07) is 0. The molecular weight excluding hydrogens is 244 g/mol. The number of nitrogens with zero attached hydrogens (tertiary/aromatic N) is 2. The van der Waals surface area contributed by atoms with Gasteiger partial charge in [-0.3, -0.25) is 4.79 Å². The monoisotopic (exact) mass is 264 g/mol. The van der Waals surface area contributed by atoms with Crippen LogP contribution in [0.3, 0.4) is 0 Å². The molecule has 1 aliphatic heterocycles. The van der Waals surface area contributed by atoms with Gasteiger partial charge in [-0.2, -0.15) is 4.98 Å². The minimum atomic E-state index is 0.193. The molecule has 6 heteroatoms. The van der Waals surface area contributed by atoms with Gasteiger partial charge < -0.3 is 15.2 Å². The Kier molecular flexibility index (Phi) is 3.26. The van der Waals surface area contributed by atoms with Crippen LogP contribution in [0.15, 0.2) is 4.52 Å². The second-order valence-electron chi connectivity index (χ2n) is 5.65. The molecule has 6 nitrogen and oxygen atoms in total. The summed E-state index contributed by atoms with van der Waals surface area (Å²) in [4.78, 5) is 16.2. The van der Waals surface area contributed by atoms with Gasteiger partial charge >= 0.3 is 0 Å². The van der Waals surface area contributed by atoms with E-state index in [1.165, 1.54) is 0 Å². The van der Waals surface area contributed by atoms with Crippen molar-refractivity contribution < 1.29 is 9.32 Å². The highest BCUT2D eigenvalue weighted by Crippen LogP contribution is 2.58. The van der Waals surface area contributed by atoms with E-state index in [0.29, 0.717) is 30.1 Å². The summed E-state index contributed by atoms with van der Waals surface area (Å²) in [7, 11) is 0. The van der Waals surface area contributed by atoms with Gasteiger partial charge in [0.05, 0.1) is 0 Å². The standard InChI is InChI=1S/C13H20N4O2/c1-9-16-11(19-17-9)2-5-15-12(18)10-8-13(10)3-6-14-7-4-13/h10,14H,2-8H2,1H3,(H,15,18). The van der Waals surface area contributed by atoms with E-state index < -0.39 is 0 Å². The zero-order chi connectivity index (χ0) is 13.3. The number of nitrogens with one attached hydrogen (secondary N) is 2. The highest BCUT2D eigenvalue weighted by Gasteiger charge is 2.57. The summed E-state index contributed by atoms with van der Waals surface area (Å²) >= 11 is 0. The smallest absolute Gasteiger partial charge is 0.228 e. The number of carbonyl (C=O) groups is 1. The highest BCUT2D eigenvalue weighted by atomic mass is 16.5. The molecule has 1 aromatic heterocycles. The molecule has 1 unspecified atom stereocenters. The molecular formula is C13H20N4O2. The van der Waals surface area contributed by atoms with E-state index in [0.717, 1.165) is 32.4 Å². The molecule has 0 aromatic carbocycles. The molecule has 1 aromatic rings. The first-order valence-corrected chi connectivity index (χ1v) is 6.97. The van der Waals surface area contributed by atoms with Crippen LogP contribution >= 0.6 is 0 Å².